The van der Waals surface area contributed by atoms with Crippen LogP contribution < -0.4 is 15.1 Å². The van der Waals surface area contributed by atoms with Gasteiger partial charge in [-0.25, -0.2) is 5.43 Å². The number of nitrogens with one attached hydrogen (secondary N) is 1. The monoisotopic (exact) mass is 373 g/mol. The van der Waals surface area contributed by atoms with Gasteiger partial charge in [0, 0.05) is 30.4 Å². The molecule has 1 saturated heterocycles. The zero-order chi connectivity index (χ0) is 18.4. The second-order valence-electron chi connectivity index (χ2n) is 5.70. The molecule has 26 heavy (non-hydrogen) atoms. The first-order valence-corrected chi connectivity index (χ1v) is 8.65. The zero-order valence-corrected chi connectivity index (χ0v) is 15.2. The van der Waals surface area contributed by atoms with E-state index < -0.39 is 0 Å². The van der Waals surface area contributed by atoms with Crippen LogP contribution in [0.4, 0.5) is 5.69 Å². The molecule has 2 aromatic rings. The highest BCUT2D eigenvalue weighted by Gasteiger charge is 2.13. The lowest BCUT2D eigenvalue weighted by molar-refractivity contribution is 0.0955. The number of nitrogens with zero attached hydrogens (tertiary/aromatic N) is 2. The molecular formula is C19H20ClN3O3. The van der Waals surface area contributed by atoms with E-state index in [0.29, 0.717) is 16.3 Å². The van der Waals surface area contributed by atoms with E-state index in [0.717, 1.165) is 37.6 Å². The summed E-state index contributed by atoms with van der Waals surface area (Å²) in [6.07, 6.45) is 1.55. The molecule has 1 fully saturated rings. The number of anilines is 1. The van der Waals surface area contributed by atoms with Crippen molar-refractivity contribution in [3.63, 3.8) is 0 Å². The molecule has 0 saturated carbocycles. The molecule has 0 aromatic heterocycles. The first kappa shape index (κ1) is 18.2. The predicted octanol–water partition coefficient (Wildman–Crippen LogP) is 2.95. The van der Waals surface area contributed by atoms with Gasteiger partial charge in [-0.2, -0.15) is 5.10 Å². The van der Waals surface area contributed by atoms with Gasteiger partial charge >= 0.3 is 0 Å². The lowest BCUT2D eigenvalue weighted by atomic mass is 10.1. The minimum Gasteiger partial charge on any atom is -0.496 e. The molecule has 3 rings (SSSR count). The lowest BCUT2D eigenvalue weighted by Crippen LogP contribution is -2.36. The SMILES string of the molecule is COc1cc(N2CCOCC2)ccc1/C=N\NC(=O)c1ccccc1Cl. The van der Waals surface area contributed by atoms with E-state index in [1.807, 2.05) is 18.2 Å². The number of hydrogen-bond acceptors (Lipinski definition) is 5. The Kier molecular flexibility index (Phi) is 6.09. The number of amides is 1. The molecule has 0 atom stereocenters. The van der Waals surface area contributed by atoms with Crippen LogP contribution in [0.3, 0.4) is 0 Å². The molecule has 0 bridgehead atoms. The highest BCUT2D eigenvalue weighted by molar-refractivity contribution is 6.33. The zero-order valence-electron chi connectivity index (χ0n) is 14.4. The number of hydrazone groups is 1. The predicted molar refractivity (Wildman–Crippen MR) is 103 cm³/mol. The van der Waals surface area contributed by atoms with Gasteiger partial charge in [-0.1, -0.05) is 23.7 Å². The van der Waals surface area contributed by atoms with Crippen molar-refractivity contribution >= 4 is 29.4 Å². The van der Waals surface area contributed by atoms with Gasteiger partial charge in [-0.15, -0.1) is 0 Å². The fourth-order valence-corrected chi connectivity index (χ4v) is 2.91. The fourth-order valence-electron chi connectivity index (χ4n) is 2.69. The minimum atomic E-state index is -0.365. The molecule has 2 aromatic carbocycles. The first-order chi connectivity index (χ1) is 12.7. The Morgan fingerprint density at radius 1 is 1.27 bits per heavy atom. The quantitative estimate of drug-likeness (QED) is 0.646. The van der Waals surface area contributed by atoms with Crippen LogP contribution in [-0.4, -0.2) is 45.5 Å². The number of rotatable bonds is 5. The van der Waals surface area contributed by atoms with Gasteiger partial charge in [-0.05, 0) is 24.3 Å². The average Bonchev–Trinajstić information content (AvgIpc) is 2.69. The maximum absolute atomic E-state index is 12.1. The highest BCUT2D eigenvalue weighted by atomic mass is 35.5. The van der Waals surface area contributed by atoms with Crippen LogP contribution in [0.5, 0.6) is 5.75 Å². The van der Waals surface area contributed by atoms with Crippen molar-refractivity contribution < 1.29 is 14.3 Å². The van der Waals surface area contributed by atoms with Crippen molar-refractivity contribution in [2.75, 3.05) is 38.3 Å². The van der Waals surface area contributed by atoms with Crippen LogP contribution >= 0.6 is 11.6 Å². The molecule has 0 aliphatic carbocycles. The van der Waals surface area contributed by atoms with Gasteiger partial charge in [0.1, 0.15) is 5.75 Å². The summed E-state index contributed by atoms with van der Waals surface area (Å²) in [5, 5.41) is 4.40. The molecule has 0 spiro atoms. The number of carbonyl (C=O) groups is 1. The molecule has 1 aliphatic rings. The van der Waals surface area contributed by atoms with Gasteiger partial charge in [-0.3, -0.25) is 4.79 Å². The van der Waals surface area contributed by atoms with Crippen molar-refractivity contribution in [3.8, 4) is 5.75 Å². The van der Waals surface area contributed by atoms with E-state index in [4.69, 9.17) is 21.1 Å². The summed E-state index contributed by atoms with van der Waals surface area (Å²) in [5.74, 6) is 0.320. The summed E-state index contributed by atoms with van der Waals surface area (Å²) in [4.78, 5) is 14.4. The Morgan fingerprint density at radius 2 is 2.04 bits per heavy atom. The van der Waals surface area contributed by atoms with Gasteiger partial charge in [0.2, 0.25) is 0 Å². The van der Waals surface area contributed by atoms with E-state index in [2.05, 4.69) is 15.4 Å². The van der Waals surface area contributed by atoms with Crippen molar-refractivity contribution in [1.82, 2.24) is 5.43 Å². The Labute approximate surface area is 157 Å². The molecule has 6 nitrogen and oxygen atoms in total. The van der Waals surface area contributed by atoms with Gasteiger partial charge in [0.15, 0.2) is 0 Å². The minimum absolute atomic E-state index is 0.365. The van der Waals surface area contributed by atoms with E-state index in [9.17, 15) is 4.79 Å². The fraction of sp³-hybridized carbons (Fsp3) is 0.263. The number of hydrogen-bond donors (Lipinski definition) is 1. The summed E-state index contributed by atoms with van der Waals surface area (Å²) in [6.45, 7) is 3.15. The van der Waals surface area contributed by atoms with Crippen LogP contribution in [0.2, 0.25) is 5.02 Å². The average molecular weight is 374 g/mol. The van der Waals surface area contributed by atoms with Crippen molar-refractivity contribution in [2.24, 2.45) is 5.10 Å². The van der Waals surface area contributed by atoms with Crippen LogP contribution in [0, 0.1) is 0 Å². The standard InChI is InChI=1S/C19H20ClN3O3/c1-25-18-12-15(23-8-10-26-11-9-23)7-6-14(18)13-21-22-19(24)16-4-2-3-5-17(16)20/h2-7,12-13H,8-11H2,1H3,(H,22,24)/b21-13-. The number of benzene rings is 2. The molecule has 0 radical (unpaired) electrons. The Bertz CT molecular complexity index is 804. The van der Waals surface area contributed by atoms with Crippen LogP contribution in [0.25, 0.3) is 0 Å². The Hall–Kier alpha value is -2.57. The Morgan fingerprint density at radius 3 is 2.77 bits per heavy atom. The van der Waals surface area contributed by atoms with Gasteiger partial charge in [0.05, 0.1) is 37.1 Å². The van der Waals surface area contributed by atoms with Crippen molar-refractivity contribution in [1.29, 1.82) is 0 Å². The van der Waals surface area contributed by atoms with Crippen molar-refractivity contribution in [3.05, 3.63) is 58.6 Å². The number of halogens is 1. The summed E-state index contributed by atoms with van der Waals surface area (Å²) in [6, 6.07) is 12.7. The molecule has 0 unspecified atom stereocenters. The van der Waals surface area contributed by atoms with Gasteiger partial charge < -0.3 is 14.4 Å². The normalized spacial score (nSPS) is 14.5. The van der Waals surface area contributed by atoms with Crippen LogP contribution in [-0.2, 0) is 4.74 Å². The van der Waals surface area contributed by atoms with E-state index in [1.54, 1.807) is 37.6 Å². The van der Waals surface area contributed by atoms with E-state index >= 15 is 0 Å². The summed E-state index contributed by atoms with van der Waals surface area (Å²) in [5.41, 5.74) is 4.70. The summed E-state index contributed by atoms with van der Waals surface area (Å²) in [7, 11) is 1.61. The molecule has 1 heterocycles. The molecule has 136 valence electrons. The lowest BCUT2D eigenvalue weighted by Gasteiger charge is -2.29. The maximum Gasteiger partial charge on any atom is 0.272 e. The second kappa shape index (κ2) is 8.69. The maximum atomic E-state index is 12.1. The number of carbonyl (C=O) groups excluding carboxylic acids is 1. The molecule has 7 heteroatoms. The highest BCUT2D eigenvalue weighted by Crippen LogP contribution is 2.25. The molecule has 1 amide bonds. The second-order valence-corrected chi connectivity index (χ2v) is 6.11. The van der Waals surface area contributed by atoms with Gasteiger partial charge in [0.25, 0.3) is 5.91 Å². The van der Waals surface area contributed by atoms with Crippen molar-refractivity contribution in [2.45, 2.75) is 0 Å². The largest absolute Gasteiger partial charge is 0.496 e. The smallest absolute Gasteiger partial charge is 0.272 e. The number of morpholine rings is 1. The first-order valence-electron chi connectivity index (χ1n) is 8.27. The molecular weight excluding hydrogens is 354 g/mol. The topological polar surface area (TPSA) is 63.2 Å². The third kappa shape index (κ3) is 4.33. The van der Waals surface area contributed by atoms with Crippen LogP contribution in [0.1, 0.15) is 15.9 Å². The van der Waals surface area contributed by atoms with Crippen LogP contribution in [0.15, 0.2) is 47.6 Å². The summed E-state index contributed by atoms with van der Waals surface area (Å²) >= 11 is 6.01. The molecule has 1 N–H and O–H groups in total. The summed E-state index contributed by atoms with van der Waals surface area (Å²) < 4.78 is 10.8. The molecule has 1 aliphatic heterocycles. The Balaban J connectivity index is 1.69. The van der Waals surface area contributed by atoms with E-state index in [-0.39, 0.29) is 5.91 Å². The van der Waals surface area contributed by atoms with E-state index in [1.165, 1.54) is 0 Å². The third-order valence-corrected chi connectivity index (χ3v) is 4.41. The number of ether oxygens (including phenoxy) is 2. The third-order valence-electron chi connectivity index (χ3n) is 4.08. The number of methoxy groups -OCH3 is 1.